The first-order valence-electron chi connectivity index (χ1n) is 4.41. The van der Waals surface area contributed by atoms with Gasteiger partial charge >= 0.3 is 11.9 Å². The number of nitrogens with zero attached hydrogens (tertiary/aromatic N) is 2. The third-order valence-electron chi connectivity index (χ3n) is 1.68. The summed E-state index contributed by atoms with van der Waals surface area (Å²) in [7, 11) is 0. The lowest BCUT2D eigenvalue weighted by molar-refractivity contribution is -0.402. The van der Waals surface area contributed by atoms with E-state index in [1.807, 2.05) is 0 Å². The van der Waals surface area contributed by atoms with Crippen molar-refractivity contribution in [3.63, 3.8) is 0 Å². The molecule has 0 unspecified atom stereocenters. The van der Waals surface area contributed by atoms with Gasteiger partial charge in [0.25, 0.3) is 5.91 Å². The highest BCUT2D eigenvalue weighted by molar-refractivity contribution is 6.08. The molecule has 0 aliphatic heterocycles. The summed E-state index contributed by atoms with van der Waals surface area (Å²) in [6, 6.07) is 2.65. The van der Waals surface area contributed by atoms with Crippen molar-refractivity contribution >= 4 is 23.9 Å². The Morgan fingerprint density at radius 3 is 2.67 bits per heavy atom. The van der Waals surface area contributed by atoms with Crippen molar-refractivity contribution in [2.75, 3.05) is 0 Å². The number of amides is 3. The zero-order valence-electron chi connectivity index (χ0n) is 8.75. The second kappa shape index (κ2) is 5.26. The Morgan fingerprint density at radius 1 is 1.56 bits per heavy atom. The van der Waals surface area contributed by atoms with Gasteiger partial charge < -0.3 is 10.2 Å². The molecule has 0 aliphatic carbocycles. The summed E-state index contributed by atoms with van der Waals surface area (Å²) in [5, 5.41) is 20.7. The van der Waals surface area contributed by atoms with E-state index in [0.717, 1.165) is 12.1 Å². The summed E-state index contributed by atoms with van der Waals surface area (Å²) in [5.74, 6) is -1.63. The van der Waals surface area contributed by atoms with E-state index in [0.29, 0.717) is 0 Å². The number of hydrogen-bond acceptors (Lipinski definition) is 6. The van der Waals surface area contributed by atoms with E-state index in [4.69, 9.17) is 15.4 Å². The van der Waals surface area contributed by atoms with E-state index < -0.39 is 28.3 Å². The van der Waals surface area contributed by atoms with Crippen LogP contribution in [0.3, 0.4) is 0 Å². The number of carbonyl (C=O) groups is 2. The van der Waals surface area contributed by atoms with E-state index >= 15 is 0 Å². The van der Waals surface area contributed by atoms with Crippen molar-refractivity contribution in [3.8, 4) is 6.07 Å². The SMILES string of the molecule is N#C/C(=C/c1ccc([N+](=O)[O-])o1)C(=O)NC(N)=O. The molecule has 0 radical (unpaired) electrons. The van der Waals surface area contributed by atoms with E-state index in [1.165, 1.54) is 12.1 Å². The van der Waals surface area contributed by atoms with Gasteiger partial charge in [-0.1, -0.05) is 0 Å². The number of urea groups is 1. The molecule has 92 valence electrons. The molecule has 0 aliphatic rings. The number of nitrogens with one attached hydrogen (secondary N) is 1. The molecule has 1 aromatic heterocycles. The Morgan fingerprint density at radius 2 is 2.22 bits per heavy atom. The molecule has 18 heavy (non-hydrogen) atoms. The van der Waals surface area contributed by atoms with Gasteiger partial charge in [0.2, 0.25) is 0 Å². The van der Waals surface area contributed by atoms with Crippen molar-refractivity contribution < 1.29 is 18.9 Å². The molecule has 1 rings (SSSR count). The Kier molecular flexibility index (Phi) is 3.78. The largest absolute Gasteiger partial charge is 0.433 e. The van der Waals surface area contributed by atoms with Crippen LogP contribution >= 0.6 is 0 Å². The highest BCUT2D eigenvalue weighted by Crippen LogP contribution is 2.17. The number of nitro groups is 1. The van der Waals surface area contributed by atoms with Gasteiger partial charge in [-0.25, -0.2) is 4.79 Å². The van der Waals surface area contributed by atoms with Crippen LogP contribution in [0, 0.1) is 21.4 Å². The summed E-state index contributed by atoms with van der Waals surface area (Å²) < 4.78 is 4.71. The lowest BCUT2D eigenvalue weighted by Gasteiger charge is -1.96. The molecule has 9 nitrogen and oxygen atoms in total. The summed E-state index contributed by atoms with van der Waals surface area (Å²) >= 11 is 0. The molecule has 0 fully saturated rings. The van der Waals surface area contributed by atoms with Gasteiger partial charge in [-0.3, -0.25) is 20.2 Å². The van der Waals surface area contributed by atoms with E-state index in [1.54, 1.807) is 5.32 Å². The van der Waals surface area contributed by atoms with Gasteiger partial charge in [-0.15, -0.1) is 0 Å². The van der Waals surface area contributed by atoms with Crippen LogP contribution in [0.1, 0.15) is 5.76 Å². The number of furan rings is 1. The van der Waals surface area contributed by atoms with Crippen molar-refractivity contribution in [2.45, 2.75) is 0 Å². The maximum atomic E-state index is 11.3. The number of hydrogen-bond donors (Lipinski definition) is 2. The quantitative estimate of drug-likeness (QED) is 0.340. The van der Waals surface area contributed by atoms with Gasteiger partial charge in [-0.2, -0.15) is 5.26 Å². The molecule has 0 bridgehead atoms. The van der Waals surface area contributed by atoms with Gasteiger partial charge in [0, 0.05) is 6.08 Å². The topological polar surface area (TPSA) is 152 Å². The minimum atomic E-state index is -1.12. The van der Waals surface area contributed by atoms with Crippen molar-refractivity contribution in [1.82, 2.24) is 5.32 Å². The maximum Gasteiger partial charge on any atom is 0.433 e. The van der Waals surface area contributed by atoms with Crippen LogP contribution < -0.4 is 11.1 Å². The first-order valence-corrected chi connectivity index (χ1v) is 4.41. The normalized spacial score (nSPS) is 10.5. The predicted molar refractivity (Wildman–Crippen MR) is 56.7 cm³/mol. The van der Waals surface area contributed by atoms with Gasteiger partial charge in [0.05, 0.1) is 6.07 Å². The molecule has 0 spiro atoms. The second-order valence-electron chi connectivity index (χ2n) is 2.92. The number of carbonyl (C=O) groups excluding carboxylic acids is 2. The number of nitriles is 1. The number of rotatable bonds is 3. The highest BCUT2D eigenvalue weighted by atomic mass is 16.6. The maximum absolute atomic E-state index is 11.3. The average Bonchev–Trinajstić information content (AvgIpc) is 2.73. The monoisotopic (exact) mass is 250 g/mol. The third-order valence-corrected chi connectivity index (χ3v) is 1.68. The van der Waals surface area contributed by atoms with Crippen LogP contribution in [-0.2, 0) is 4.79 Å². The first-order chi connectivity index (χ1) is 8.43. The Bertz CT molecular complexity index is 580. The summed E-state index contributed by atoms with van der Waals surface area (Å²) in [5.41, 5.74) is 4.23. The van der Waals surface area contributed by atoms with Crippen LogP contribution in [0.4, 0.5) is 10.7 Å². The molecular weight excluding hydrogens is 244 g/mol. The minimum Gasteiger partial charge on any atom is -0.401 e. The zero-order chi connectivity index (χ0) is 13.7. The molecule has 0 saturated heterocycles. The summed E-state index contributed by atoms with van der Waals surface area (Å²) in [6.07, 6.45) is 0.950. The Hall–Kier alpha value is -3.15. The molecule has 9 heteroatoms. The van der Waals surface area contributed by atoms with Crippen molar-refractivity contribution in [2.24, 2.45) is 5.73 Å². The molecule has 1 heterocycles. The fourth-order valence-electron chi connectivity index (χ4n) is 0.988. The molecule has 1 aromatic rings. The average molecular weight is 250 g/mol. The predicted octanol–water partition coefficient (Wildman–Crippen LogP) is 0.290. The Labute approximate surface area is 99.6 Å². The fraction of sp³-hybridized carbons (Fsp3) is 0. The molecule has 0 saturated carbocycles. The molecular formula is C9H6N4O5. The Balaban J connectivity index is 2.97. The number of nitrogens with two attached hydrogens (primary N) is 1. The highest BCUT2D eigenvalue weighted by Gasteiger charge is 2.14. The first kappa shape index (κ1) is 12.9. The fourth-order valence-corrected chi connectivity index (χ4v) is 0.988. The third kappa shape index (κ3) is 3.17. The lowest BCUT2D eigenvalue weighted by Crippen LogP contribution is -2.35. The molecule has 3 amide bonds. The summed E-state index contributed by atoms with van der Waals surface area (Å²) in [4.78, 5) is 31.2. The van der Waals surface area contributed by atoms with Gasteiger partial charge in [0.1, 0.15) is 22.3 Å². The van der Waals surface area contributed by atoms with Crippen LogP contribution in [0.25, 0.3) is 6.08 Å². The molecule has 0 aromatic carbocycles. The lowest BCUT2D eigenvalue weighted by atomic mass is 10.2. The van der Waals surface area contributed by atoms with E-state index in [2.05, 4.69) is 0 Å². The van der Waals surface area contributed by atoms with Crippen LogP contribution in [0.15, 0.2) is 22.1 Å². The van der Waals surface area contributed by atoms with Crippen molar-refractivity contribution in [3.05, 3.63) is 33.6 Å². The minimum absolute atomic E-state index is 0.0714. The molecule has 0 atom stereocenters. The van der Waals surface area contributed by atoms with Gasteiger partial charge in [-0.05, 0) is 6.07 Å². The van der Waals surface area contributed by atoms with E-state index in [-0.39, 0.29) is 5.76 Å². The van der Waals surface area contributed by atoms with E-state index in [9.17, 15) is 19.7 Å². The second-order valence-corrected chi connectivity index (χ2v) is 2.92. The number of primary amides is 1. The van der Waals surface area contributed by atoms with Crippen LogP contribution in [-0.4, -0.2) is 16.9 Å². The standard InChI is InChI=1S/C9H6N4O5/c10-4-5(8(14)12-9(11)15)3-6-1-2-7(18-6)13(16)17/h1-3H,(H3,11,12,14,15)/b5-3-. The smallest absolute Gasteiger partial charge is 0.401 e. The van der Waals surface area contributed by atoms with Crippen molar-refractivity contribution in [1.29, 1.82) is 5.26 Å². The zero-order valence-corrected chi connectivity index (χ0v) is 8.75. The summed E-state index contributed by atoms with van der Waals surface area (Å²) in [6.45, 7) is 0. The van der Waals surface area contributed by atoms with Gasteiger partial charge in [0.15, 0.2) is 0 Å². The van der Waals surface area contributed by atoms with Crippen LogP contribution in [0.2, 0.25) is 0 Å². The molecule has 3 N–H and O–H groups in total. The van der Waals surface area contributed by atoms with Crippen LogP contribution in [0.5, 0.6) is 0 Å². The number of imide groups is 1.